The molecular weight excluding hydrogens is 296 g/mol. The number of benzene rings is 1. The molecule has 0 radical (unpaired) electrons. The highest BCUT2D eigenvalue weighted by atomic mass is 35.5. The van der Waals surface area contributed by atoms with Crippen molar-refractivity contribution in [2.75, 3.05) is 25.6 Å². The van der Waals surface area contributed by atoms with Gasteiger partial charge in [0, 0.05) is 14.1 Å². The summed E-state index contributed by atoms with van der Waals surface area (Å²) in [5, 5.41) is 0.841. The van der Waals surface area contributed by atoms with Crippen molar-refractivity contribution in [3.05, 3.63) is 26.2 Å². The Labute approximate surface area is 122 Å². The Hall–Kier alpha value is -0.640. The fourth-order valence-electron chi connectivity index (χ4n) is 1.57. The highest BCUT2D eigenvalue weighted by Crippen LogP contribution is 2.42. The summed E-state index contributed by atoms with van der Waals surface area (Å²) >= 11 is 18.4. The molecule has 1 rings (SSSR count). The van der Waals surface area contributed by atoms with Gasteiger partial charge >= 0.3 is 5.97 Å². The van der Waals surface area contributed by atoms with E-state index in [0.717, 1.165) is 0 Å². The van der Waals surface area contributed by atoms with Gasteiger partial charge in [-0.15, -0.1) is 0 Å². The molecule has 0 saturated heterocycles. The molecule has 0 atom stereocenters. The maximum absolute atomic E-state index is 12.0. The fraction of sp³-hybridized carbons (Fsp3) is 0.417. The molecule has 18 heavy (non-hydrogen) atoms. The smallest absolute Gasteiger partial charge is 0.341 e. The van der Waals surface area contributed by atoms with Crippen LogP contribution in [-0.4, -0.2) is 26.7 Å². The van der Waals surface area contributed by atoms with Crippen molar-refractivity contribution in [1.29, 1.82) is 0 Å². The maximum atomic E-state index is 12.0. The second-order valence-electron chi connectivity index (χ2n) is 3.91. The zero-order valence-corrected chi connectivity index (χ0v) is 12.9. The molecule has 0 N–H and O–H groups in total. The molecular formula is C12H14Cl3NO2. The zero-order chi connectivity index (χ0) is 14.0. The Morgan fingerprint density at radius 3 is 2.17 bits per heavy atom. The quantitative estimate of drug-likeness (QED) is 0.619. The average Bonchev–Trinajstić information content (AvgIpc) is 2.30. The van der Waals surface area contributed by atoms with E-state index in [1.165, 1.54) is 0 Å². The van der Waals surface area contributed by atoms with Gasteiger partial charge in [-0.05, 0) is 19.4 Å². The van der Waals surface area contributed by atoms with E-state index in [2.05, 4.69) is 0 Å². The second-order valence-corrected chi connectivity index (χ2v) is 5.04. The summed E-state index contributed by atoms with van der Waals surface area (Å²) in [7, 11) is 3.54. The maximum Gasteiger partial charge on any atom is 0.341 e. The van der Waals surface area contributed by atoms with Crippen LogP contribution in [0, 0.1) is 6.92 Å². The van der Waals surface area contributed by atoms with E-state index in [1.54, 1.807) is 32.8 Å². The molecule has 3 nitrogen and oxygen atoms in total. The third-order valence-corrected chi connectivity index (χ3v) is 3.85. The number of ether oxygens (including phenoxy) is 1. The third-order valence-electron chi connectivity index (χ3n) is 2.44. The Morgan fingerprint density at radius 2 is 1.72 bits per heavy atom. The Kier molecular flexibility index (Phi) is 5.14. The van der Waals surface area contributed by atoms with Crippen molar-refractivity contribution >= 4 is 46.5 Å². The topological polar surface area (TPSA) is 29.5 Å². The lowest BCUT2D eigenvalue weighted by Crippen LogP contribution is -2.17. The van der Waals surface area contributed by atoms with Crippen molar-refractivity contribution in [3.63, 3.8) is 0 Å². The summed E-state index contributed by atoms with van der Waals surface area (Å²) in [6.45, 7) is 3.72. The van der Waals surface area contributed by atoms with Gasteiger partial charge in [0.25, 0.3) is 0 Å². The number of halogens is 3. The van der Waals surface area contributed by atoms with Gasteiger partial charge < -0.3 is 9.64 Å². The Bertz CT molecular complexity index is 487. The molecule has 0 heterocycles. The average molecular weight is 311 g/mol. The molecule has 0 aliphatic carbocycles. The van der Waals surface area contributed by atoms with Crippen LogP contribution in [0.3, 0.4) is 0 Å². The highest BCUT2D eigenvalue weighted by molar-refractivity contribution is 6.47. The number of hydrogen-bond acceptors (Lipinski definition) is 3. The van der Waals surface area contributed by atoms with Crippen molar-refractivity contribution in [3.8, 4) is 0 Å². The summed E-state index contributed by atoms with van der Waals surface area (Å²) in [6, 6.07) is 0. The number of anilines is 1. The van der Waals surface area contributed by atoms with Crippen LogP contribution < -0.4 is 4.90 Å². The van der Waals surface area contributed by atoms with Crippen LogP contribution in [0.1, 0.15) is 22.8 Å². The lowest BCUT2D eigenvalue weighted by atomic mass is 10.1. The number of esters is 1. The third kappa shape index (κ3) is 2.68. The van der Waals surface area contributed by atoms with Gasteiger partial charge in [-0.25, -0.2) is 4.79 Å². The summed E-state index contributed by atoms with van der Waals surface area (Å²) in [4.78, 5) is 13.7. The van der Waals surface area contributed by atoms with Crippen molar-refractivity contribution in [2.45, 2.75) is 13.8 Å². The van der Waals surface area contributed by atoms with Crippen LogP contribution >= 0.6 is 34.8 Å². The first kappa shape index (κ1) is 15.4. The van der Waals surface area contributed by atoms with E-state index in [9.17, 15) is 4.79 Å². The van der Waals surface area contributed by atoms with Gasteiger partial charge in [-0.3, -0.25) is 0 Å². The van der Waals surface area contributed by atoms with E-state index in [1.807, 2.05) is 0 Å². The normalized spacial score (nSPS) is 10.4. The highest BCUT2D eigenvalue weighted by Gasteiger charge is 2.25. The predicted molar refractivity (Wildman–Crippen MR) is 76.5 cm³/mol. The minimum Gasteiger partial charge on any atom is -0.462 e. The van der Waals surface area contributed by atoms with Gasteiger partial charge in [0.15, 0.2) is 0 Å². The number of nitrogens with zero attached hydrogens (tertiary/aromatic N) is 1. The summed E-state index contributed by atoms with van der Waals surface area (Å²) in [6.07, 6.45) is 0. The van der Waals surface area contributed by atoms with Crippen LogP contribution in [0.2, 0.25) is 15.1 Å². The first-order valence-electron chi connectivity index (χ1n) is 5.34. The molecule has 0 unspecified atom stereocenters. The molecule has 100 valence electrons. The minimum absolute atomic E-state index is 0.167. The molecule has 6 heteroatoms. The number of carbonyl (C=O) groups excluding carboxylic acids is 1. The molecule has 0 saturated carbocycles. The van der Waals surface area contributed by atoms with Crippen LogP contribution in [0.4, 0.5) is 5.69 Å². The Morgan fingerprint density at radius 1 is 1.17 bits per heavy atom. The summed E-state index contributed by atoms with van der Waals surface area (Å²) < 4.78 is 4.98. The van der Waals surface area contributed by atoms with E-state index in [0.29, 0.717) is 16.3 Å². The Balaban J connectivity index is 3.61. The van der Waals surface area contributed by atoms with Crippen LogP contribution in [0.5, 0.6) is 0 Å². The SMILES string of the molecule is CCOC(=O)c1c(Cl)c(Cl)c(C)c(Cl)c1N(C)C. The van der Waals surface area contributed by atoms with Gasteiger partial charge in [-0.1, -0.05) is 34.8 Å². The molecule has 0 fully saturated rings. The summed E-state index contributed by atoms with van der Waals surface area (Å²) in [5.74, 6) is -0.532. The predicted octanol–water partition coefficient (Wildman–Crippen LogP) is 4.20. The second kappa shape index (κ2) is 6.00. The van der Waals surface area contributed by atoms with Gasteiger partial charge in [0.2, 0.25) is 0 Å². The van der Waals surface area contributed by atoms with Gasteiger partial charge in [0.05, 0.1) is 27.4 Å². The van der Waals surface area contributed by atoms with Gasteiger partial charge in [0.1, 0.15) is 5.56 Å². The van der Waals surface area contributed by atoms with E-state index < -0.39 is 5.97 Å². The first-order valence-corrected chi connectivity index (χ1v) is 6.47. The largest absolute Gasteiger partial charge is 0.462 e. The monoisotopic (exact) mass is 309 g/mol. The molecule has 1 aromatic rings. The zero-order valence-electron chi connectivity index (χ0n) is 10.6. The molecule has 1 aromatic carbocycles. The number of hydrogen-bond donors (Lipinski definition) is 0. The van der Waals surface area contributed by atoms with Crippen LogP contribution in [0.25, 0.3) is 0 Å². The summed E-state index contributed by atoms with van der Waals surface area (Å²) in [5.41, 5.74) is 1.35. The first-order chi connectivity index (χ1) is 8.32. The molecule has 0 aliphatic heterocycles. The van der Waals surface area contributed by atoms with E-state index in [-0.39, 0.29) is 22.2 Å². The number of rotatable bonds is 3. The molecule has 0 spiro atoms. The van der Waals surface area contributed by atoms with Crippen molar-refractivity contribution < 1.29 is 9.53 Å². The van der Waals surface area contributed by atoms with E-state index in [4.69, 9.17) is 39.5 Å². The molecule has 0 aromatic heterocycles. The molecule has 0 bridgehead atoms. The van der Waals surface area contributed by atoms with Crippen molar-refractivity contribution in [2.24, 2.45) is 0 Å². The number of carbonyl (C=O) groups is 1. The van der Waals surface area contributed by atoms with Gasteiger partial charge in [-0.2, -0.15) is 0 Å². The standard InChI is InChI=1S/C12H14Cl3NO2/c1-5-18-12(17)7-10(15)8(13)6(2)9(14)11(7)16(3)4/h5H2,1-4H3. The van der Waals surface area contributed by atoms with Crippen molar-refractivity contribution in [1.82, 2.24) is 0 Å². The minimum atomic E-state index is -0.532. The van der Waals surface area contributed by atoms with Crippen LogP contribution in [-0.2, 0) is 4.74 Å². The fourth-order valence-corrected chi connectivity index (χ4v) is 2.48. The molecule has 0 amide bonds. The lowest BCUT2D eigenvalue weighted by molar-refractivity contribution is 0.0527. The van der Waals surface area contributed by atoms with E-state index >= 15 is 0 Å². The lowest BCUT2D eigenvalue weighted by Gasteiger charge is -2.21. The van der Waals surface area contributed by atoms with Crippen LogP contribution in [0.15, 0.2) is 0 Å². The molecule has 0 aliphatic rings.